The largest absolute Gasteiger partial charge is 0.475 e. The molecule has 5 nitrogen and oxygen atoms in total. The van der Waals surface area contributed by atoms with Gasteiger partial charge in [-0.05, 0) is 60.9 Å². The molecule has 114 valence electrons. The van der Waals surface area contributed by atoms with Crippen LogP contribution in [0.5, 0.6) is 0 Å². The maximum atomic E-state index is 12.7. The molecule has 0 amide bonds. The average Bonchev–Trinajstić information content (AvgIpc) is 2.60. The monoisotopic (exact) mass is 293 g/mol. The van der Waals surface area contributed by atoms with E-state index >= 15 is 0 Å². The zero-order chi connectivity index (χ0) is 14.7. The van der Waals surface area contributed by atoms with Crippen LogP contribution in [0.4, 0.5) is 0 Å². The number of nitrogens with one attached hydrogen (secondary N) is 1. The average molecular weight is 293 g/mol. The molecule has 0 radical (unpaired) electrons. The van der Waals surface area contributed by atoms with Crippen molar-refractivity contribution < 1.29 is 18.1 Å². The first-order chi connectivity index (χ1) is 8.49. The highest BCUT2D eigenvalue weighted by Gasteiger charge is 2.37. The van der Waals surface area contributed by atoms with Crippen molar-refractivity contribution in [2.24, 2.45) is 0 Å². The number of phosphoric ester groups is 1. The maximum absolute atomic E-state index is 12.7. The highest BCUT2D eigenvalue weighted by atomic mass is 31.2. The summed E-state index contributed by atoms with van der Waals surface area (Å²) in [4.78, 5) is 0. The van der Waals surface area contributed by atoms with Crippen LogP contribution in [0.15, 0.2) is 0 Å². The minimum absolute atomic E-state index is 0.237. The predicted molar refractivity (Wildman–Crippen MR) is 76.3 cm³/mol. The summed E-state index contributed by atoms with van der Waals surface area (Å²) in [6.07, 6.45) is 2.16. The molecule has 1 N–H and O–H groups in total. The van der Waals surface area contributed by atoms with E-state index in [9.17, 15) is 4.57 Å². The smallest absolute Gasteiger partial charge is 0.312 e. The van der Waals surface area contributed by atoms with Crippen molar-refractivity contribution in [1.29, 1.82) is 0 Å². The summed E-state index contributed by atoms with van der Waals surface area (Å²) in [6, 6.07) is 0.237. The molecule has 0 unspecified atom stereocenters. The fraction of sp³-hybridized carbons (Fsp3) is 1.00. The summed E-state index contributed by atoms with van der Waals surface area (Å²) in [5, 5.41) is 3.30. The van der Waals surface area contributed by atoms with E-state index < -0.39 is 19.0 Å². The van der Waals surface area contributed by atoms with Gasteiger partial charge in [-0.2, -0.15) is 0 Å². The summed E-state index contributed by atoms with van der Waals surface area (Å²) in [6.45, 7) is 12.4. The Kier molecular flexibility index (Phi) is 5.61. The van der Waals surface area contributed by atoms with Gasteiger partial charge < -0.3 is 5.32 Å². The molecule has 1 fully saturated rings. The fourth-order valence-electron chi connectivity index (χ4n) is 1.82. The highest BCUT2D eigenvalue weighted by molar-refractivity contribution is 7.48. The molecule has 0 aromatic rings. The summed E-state index contributed by atoms with van der Waals surface area (Å²) in [5.74, 6) is 0. The third-order valence-electron chi connectivity index (χ3n) is 2.37. The molecule has 19 heavy (non-hydrogen) atoms. The van der Waals surface area contributed by atoms with E-state index in [1.54, 1.807) is 0 Å². The quantitative estimate of drug-likeness (QED) is 0.786. The van der Waals surface area contributed by atoms with Gasteiger partial charge in [0.2, 0.25) is 0 Å². The van der Waals surface area contributed by atoms with Gasteiger partial charge >= 0.3 is 7.82 Å². The summed E-state index contributed by atoms with van der Waals surface area (Å²) < 4.78 is 29.3. The van der Waals surface area contributed by atoms with Crippen molar-refractivity contribution in [2.45, 2.75) is 71.6 Å². The van der Waals surface area contributed by atoms with Crippen LogP contribution < -0.4 is 5.32 Å². The third-order valence-corrected chi connectivity index (χ3v) is 4.38. The lowest BCUT2D eigenvalue weighted by Crippen LogP contribution is -2.29. The molecule has 0 bridgehead atoms. The van der Waals surface area contributed by atoms with Gasteiger partial charge in [-0.3, -0.25) is 13.6 Å². The van der Waals surface area contributed by atoms with E-state index in [2.05, 4.69) is 5.32 Å². The molecule has 0 saturated carbocycles. The van der Waals surface area contributed by atoms with E-state index in [1.165, 1.54) is 0 Å². The fourth-order valence-corrected chi connectivity index (χ4v) is 3.67. The lowest BCUT2D eigenvalue weighted by atomic mass is 10.2. The molecule has 0 spiro atoms. The molecule has 0 aromatic carbocycles. The van der Waals surface area contributed by atoms with Crippen molar-refractivity contribution in [3.63, 3.8) is 0 Å². The van der Waals surface area contributed by atoms with E-state index in [0.717, 1.165) is 19.4 Å². The molecule has 0 aromatic heterocycles. The third kappa shape index (κ3) is 7.42. The van der Waals surface area contributed by atoms with Crippen molar-refractivity contribution in [1.82, 2.24) is 5.32 Å². The van der Waals surface area contributed by atoms with Gasteiger partial charge in [0.15, 0.2) is 0 Å². The van der Waals surface area contributed by atoms with E-state index in [4.69, 9.17) is 13.6 Å². The molecule has 1 rings (SSSR count). The number of hydrogen-bond donors (Lipinski definition) is 1. The molecule has 0 aliphatic carbocycles. The van der Waals surface area contributed by atoms with Gasteiger partial charge in [0.1, 0.15) is 0 Å². The Labute approximate surface area is 117 Å². The second kappa shape index (κ2) is 6.23. The molecule has 1 saturated heterocycles. The van der Waals surface area contributed by atoms with Crippen molar-refractivity contribution in [3.8, 4) is 0 Å². The second-order valence-electron chi connectivity index (χ2n) is 6.94. The summed E-state index contributed by atoms with van der Waals surface area (Å²) >= 11 is 0. The van der Waals surface area contributed by atoms with Crippen LogP contribution in [0.25, 0.3) is 0 Å². The molecule has 1 heterocycles. The Balaban J connectivity index is 2.65. The first kappa shape index (κ1) is 17.1. The number of rotatable bonds is 5. The van der Waals surface area contributed by atoms with Crippen LogP contribution in [0, 0.1) is 0 Å². The molecular formula is C13H28NO4P. The van der Waals surface area contributed by atoms with Crippen LogP contribution in [0.3, 0.4) is 0 Å². The van der Waals surface area contributed by atoms with Crippen molar-refractivity contribution in [2.75, 3.05) is 13.2 Å². The zero-order valence-electron chi connectivity index (χ0n) is 13.0. The lowest BCUT2D eigenvalue weighted by Gasteiger charge is -2.31. The van der Waals surface area contributed by atoms with Crippen molar-refractivity contribution >= 4 is 7.82 Å². The van der Waals surface area contributed by atoms with E-state index in [1.807, 2.05) is 41.5 Å². The van der Waals surface area contributed by atoms with Crippen LogP contribution >= 0.6 is 7.82 Å². The first-order valence-corrected chi connectivity index (χ1v) is 8.35. The van der Waals surface area contributed by atoms with Crippen LogP contribution in [0.2, 0.25) is 0 Å². The Morgan fingerprint density at radius 2 is 1.63 bits per heavy atom. The molecular weight excluding hydrogens is 265 g/mol. The lowest BCUT2D eigenvalue weighted by molar-refractivity contribution is 0.00133. The second-order valence-corrected chi connectivity index (χ2v) is 8.46. The van der Waals surface area contributed by atoms with Crippen LogP contribution in [-0.4, -0.2) is 30.4 Å². The topological polar surface area (TPSA) is 56.8 Å². The van der Waals surface area contributed by atoms with Gasteiger partial charge in [-0.25, -0.2) is 4.57 Å². The summed E-state index contributed by atoms with van der Waals surface area (Å²) in [7, 11) is -3.55. The SMILES string of the molecule is CC(C)(C)OP(=O)(OC[C@@H]1CCCN1)OC(C)(C)C. The molecule has 6 heteroatoms. The Morgan fingerprint density at radius 1 is 1.11 bits per heavy atom. The highest BCUT2D eigenvalue weighted by Crippen LogP contribution is 2.55. The standard InChI is InChI=1S/C13H28NO4P/c1-12(2,3)17-19(15,18-13(4,5)6)16-10-11-8-7-9-14-11/h11,14H,7-10H2,1-6H3/t11-/m0/s1. The molecule has 1 aliphatic rings. The van der Waals surface area contributed by atoms with Gasteiger partial charge in [-0.1, -0.05) is 0 Å². The number of phosphoric acid groups is 1. The van der Waals surface area contributed by atoms with Gasteiger partial charge in [0.25, 0.3) is 0 Å². The molecule has 1 atom stereocenters. The van der Waals surface area contributed by atoms with Crippen LogP contribution in [-0.2, 0) is 18.1 Å². The minimum Gasteiger partial charge on any atom is -0.312 e. The van der Waals surface area contributed by atoms with Crippen molar-refractivity contribution in [3.05, 3.63) is 0 Å². The first-order valence-electron chi connectivity index (χ1n) is 6.89. The Morgan fingerprint density at radius 3 is 2.00 bits per heavy atom. The minimum atomic E-state index is -3.55. The number of hydrogen-bond acceptors (Lipinski definition) is 5. The normalized spacial score (nSPS) is 21.9. The van der Waals surface area contributed by atoms with Crippen LogP contribution in [0.1, 0.15) is 54.4 Å². The zero-order valence-corrected chi connectivity index (χ0v) is 13.9. The van der Waals surface area contributed by atoms with E-state index in [-0.39, 0.29) is 6.04 Å². The predicted octanol–water partition coefficient (Wildman–Crippen LogP) is 3.49. The Hall–Kier alpha value is 0.0700. The van der Waals surface area contributed by atoms with Gasteiger partial charge in [0.05, 0.1) is 17.8 Å². The Bertz CT molecular complexity index is 307. The maximum Gasteiger partial charge on any atom is 0.475 e. The van der Waals surface area contributed by atoms with Gasteiger partial charge in [-0.15, -0.1) is 0 Å². The molecule has 1 aliphatic heterocycles. The van der Waals surface area contributed by atoms with Gasteiger partial charge in [0, 0.05) is 6.04 Å². The summed E-state index contributed by atoms with van der Waals surface area (Å²) in [5.41, 5.74) is -1.16. The van der Waals surface area contributed by atoms with E-state index in [0.29, 0.717) is 6.61 Å².